The number of hydrogen-bond donors (Lipinski definition) is 2. The quantitative estimate of drug-likeness (QED) is 0.875. The zero-order chi connectivity index (χ0) is 17.1. The predicted molar refractivity (Wildman–Crippen MR) is 92.5 cm³/mol. The smallest absolute Gasteiger partial charge is 0.335 e. The number of aryl methyl sites for hydroxylation is 1. The Morgan fingerprint density at radius 3 is 2.67 bits per heavy atom. The van der Waals surface area contributed by atoms with Crippen molar-refractivity contribution in [3.63, 3.8) is 0 Å². The third-order valence-electron chi connectivity index (χ3n) is 4.34. The Kier molecular flexibility index (Phi) is 4.86. The molecule has 0 aromatic heterocycles. The van der Waals surface area contributed by atoms with Crippen LogP contribution in [0.4, 0.5) is 0 Å². The molecule has 0 saturated heterocycles. The van der Waals surface area contributed by atoms with Gasteiger partial charge in [0.1, 0.15) is 0 Å². The molecule has 1 amide bonds. The number of rotatable bonds is 5. The van der Waals surface area contributed by atoms with Gasteiger partial charge in [0, 0.05) is 17.5 Å². The molecule has 0 aliphatic heterocycles. The van der Waals surface area contributed by atoms with Crippen LogP contribution in [0, 0.1) is 0 Å². The number of fused-ring (bicyclic) bond motifs is 1. The van der Waals surface area contributed by atoms with Crippen LogP contribution in [0.1, 0.15) is 33.5 Å². The van der Waals surface area contributed by atoms with Crippen molar-refractivity contribution in [2.75, 3.05) is 0 Å². The Hall–Kier alpha value is -2.33. The molecule has 2 aromatic carbocycles. The summed E-state index contributed by atoms with van der Waals surface area (Å²) < 4.78 is 0. The van der Waals surface area contributed by atoms with Crippen LogP contribution in [0.2, 0.25) is 5.02 Å². The molecule has 4 nitrogen and oxygen atoms in total. The molecular formula is C19H18ClNO3. The van der Waals surface area contributed by atoms with E-state index >= 15 is 0 Å². The summed E-state index contributed by atoms with van der Waals surface area (Å²) in [5.41, 5.74) is 3.35. The van der Waals surface area contributed by atoms with Gasteiger partial charge in [-0.3, -0.25) is 4.79 Å². The topological polar surface area (TPSA) is 66.4 Å². The van der Waals surface area contributed by atoms with Crippen molar-refractivity contribution >= 4 is 23.5 Å². The Labute approximate surface area is 145 Å². The average Bonchev–Trinajstić information content (AvgIpc) is 2.94. The molecule has 124 valence electrons. The maximum absolute atomic E-state index is 12.2. The maximum Gasteiger partial charge on any atom is 0.335 e. The van der Waals surface area contributed by atoms with Crippen molar-refractivity contribution in [1.29, 1.82) is 0 Å². The fourth-order valence-corrected chi connectivity index (χ4v) is 3.38. The molecule has 0 spiro atoms. The lowest BCUT2D eigenvalue weighted by molar-refractivity contribution is -0.121. The highest BCUT2D eigenvalue weighted by Crippen LogP contribution is 2.25. The van der Waals surface area contributed by atoms with E-state index in [1.807, 2.05) is 18.2 Å². The molecule has 1 aliphatic carbocycles. The van der Waals surface area contributed by atoms with Gasteiger partial charge in [-0.25, -0.2) is 4.79 Å². The number of nitrogens with one attached hydrogen (secondary N) is 1. The largest absolute Gasteiger partial charge is 0.478 e. The van der Waals surface area contributed by atoms with E-state index in [9.17, 15) is 14.7 Å². The molecule has 1 aliphatic rings. The SMILES string of the molecule is O=C(CCc1ccccc1C(=O)O)NC1Cc2ccc(Cl)cc2C1. The number of halogens is 1. The van der Waals surface area contributed by atoms with Crippen LogP contribution in [0.3, 0.4) is 0 Å². The highest BCUT2D eigenvalue weighted by atomic mass is 35.5. The molecule has 2 N–H and O–H groups in total. The third kappa shape index (κ3) is 3.77. The minimum atomic E-state index is -0.964. The van der Waals surface area contributed by atoms with Gasteiger partial charge in [-0.1, -0.05) is 35.9 Å². The number of amides is 1. The number of hydrogen-bond acceptors (Lipinski definition) is 2. The van der Waals surface area contributed by atoms with Gasteiger partial charge in [-0.05, 0) is 54.2 Å². The fraction of sp³-hybridized carbons (Fsp3) is 0.263. The molecule has 0 heterocycles. The van der Waals surface area contributed by atoms with Gasteiger partial charge in [0.25, 0.3) is 0 Å². The summed E-state index contributed by atoms with van der Waals surface area (Å²) in [4.78, 5) is 23.4. The van der Waals surface area contributed by atoms with Gasteiger partial charge in [0.05, 0.1) is 5.56 Å². The van der Waals surface area contributed by atoms with Gasteiger partial charge in [-0.2, -0.15) is 0 Å². The molecule has 0 fully saturated rings. The summed E-state index contributed by atoms with van der Waals surface area (Å²) in [5, 5.41) is 12.9. The first kappa shape index (κ1) is 16.5. The van der Waals surface area contributed by atoms with E-state index in [4.69, 9.17) is 11.6 Å². The molecule has 0 bridgehead atoms. The van der Waals surface area contributed by atoms with Crippen molar-refractivity contribution in [3.8, 4) is 0 Å². The Balaban J connectivity index is 1.55. The number of benzene rings is 2. The van der Waals surface area contributed by atoms with Gasteiger partial charge >= 0.3 is 5.97 Å². The van der Waals surface area contributed by atoms with Gasteiger partial charge in [-0.15, -0.1) is 0 Å². The summed E-state index contributed by atoms with van der Waals surface area (Å²) in [7, 11) is 0. The van der Waals surface area contributed by atoms with E-state index in [1.165, 1.54) is 11.1 Å². The highest BCUT2D eigenvalue weighted by molar-refractivity contribution is 6.30. The van der Waals surface area contributed by atoms with Crippen molar-refractivity contribution < 1.29 is 14.7 Å². The Bertz CT molecular complexity index is 788. The Morgan fingerprint density at radius 2 is 1.88 bits per heavy atom. The molecule has 0 saturated carbocycles. The monoisotopic (exact) mass is 343 g/mol. The first-order valence-electron chi connectivity index (χ1n) is 7.91. The van der Waals surface area contributed by atoms with E-state index in [0.29, 0.717) is 17.0 Å². The van der Waals surface area contributed by atoms with Gasteiger partial charge < -0.3 is 10.4 Å². The van der Waals surface area contributed by atoms with Crippen LogP contribution < -0.4 is 5.32 Å². The van der Waals surface area contributed by atoms with E-state index in [-0.39, 0.29) is 23.9 Å². The fourth-order valence-electron chi connectivity index (χ4n) is 3.18. The standard InChI is InChI=1S/C19H18ClNO3/c20-15-7-5-13-10-16(11-14(13)9-15)21-18(22)8-6-12-3-1-2-4-17(12)19(23)24/h1-5,7,9,16H,6,8,10-11H2,(H,21,22)(H,23,24). The third-order valence-corrected chi connectivity index (χ3v) is 4.57. The zero-order valence-electron chi connectivity index (χ0n) is 13.1. The van der Waals surface area contributed by atoms with Crippen LogP contribution in [0.25, 0.3) is 0 Å². The average molecular weight is 344 g/mol. The minimum Gasteiger partial charge on any atom is -0.478 e. The van der Waals surface area contributed by atoms with Crippen molar-refractivity contribution in [2.45, 2.75) is 31.7 Å². The lowest BCUT2D eigenvalue weighted by Crippen LogP contribution is -2.35. The summed E-state index contributed by atoms with van der Waals surface area (Å²) in [6.07, 6.45) is 2.29. The number of aromatic carboxylic acids is 1. The number of carbonyl (C=O) groups is 2. The lowest BCUT2D eigenvalue weighted by Gasteiger charge is -2.12. The van der Waals surface area contributed by atoms with Crippen molar-refractivity contribution in [2.24, 2.45) is 0 Å². The second-order valence-corrected chi connectivity index (χ2v) is 6.48. The molecule has 3 rings (SSSR count). The number of carboxylic acids is 1. The summed E-state index contributed by atoms with van der Waals surface area (Å²) in [6, 6.07) is 12.7. The first-order chi connectivity index (χ1) is 11.5. The summed E-state index contributed by atoms with van der Waals surface area (Å²) >= 11 is 6.00. The summed E-state index contributed by atoms with van der Waals surface area (Å²) in [6.45, 7) is 0. The zero-order valence-corrected chi connectivity index (χ0v) is 13.8. The molecule has 0 radical (unpaired) electrons. The predicted octanol–water partition coefficient (Wildman–Crippen LogP) is 3.25. The minimum absolute atomic E-state index is 0.0564. The molecular weight excluding hydrogens is 326 g/mol. The highest BCUT2D eigenvalue weighted by Gasteiger charge is 2.23. The van der Waals surface area contributed by atoms with Crippen molar-refractivity contribution in [3.05, 3.63) is 69.7 Å². The second-order valence-electron chi connectivity index (χ2n) is 6.05. The van der Waals surface area contributed by atoms with Crippen LogP contribution in [0.5, 0.6) is 0 Å². The second kappa shape index (κ2) is 7.05. The van der Waals surface area contributed by atoms with E-state index in [0.717, 1.165) is 12.8 Å². The first-order valence-corrected chi connectivity index (χ1v) is 8.28. The maximum atomic E-state index is 12.2. The molecule has 2 aromatic rings. The Morgan fingerprint density at radius 1 is 1.12 bits per heavy atom. The summed E-state index contributed by atoms with van der Waals surface area (Å²) in [5.74, 6) is -1.02. The number of carbonyl (C=O) groups excluding carboxylic acids is 1. The van der Waals surface area contributed by atoms with E-state index in [2.05, 4.69) is 5.32 Å². The van der Waals surface area contributed by atoms with Crippen LogP contribution in [0.15, 0.2) is 42.5 Å². The van der Waals surface area contributed by atoms with Crippen LogP contribution >= 0.6 is 11.6 Å². The van der Waals surface area contributed by atoms with Crippen LogP contribution in [-0.4, -0.2) is 23.0 Å². The van der Waals surface area contributed by atoms with E-state index in [1.54, 1.807) is 24.3 Å². The lowest BCUT2D eigenvalue weighted by atomic mass is 10.0. The molecule has 1 atom stereocenters. The van der Waals surface area contributed by atoms with Crippen molar-refractivity contribution in [1.82, 2.24) is 5.32 Å². The van der Waals surface area contributed by atoms with Gasteiger partial charge in [0.2, 0.25) is 5.91 Å². The van der Waals surface area contributed by atoms with E-state index < -0.39 is 5.97 Å². The molecule has 1 unspecified atom stereocenters. The molecule has 5 heteroatoms. The number of carboxylic acid groups (broad SMARTS) is 1. The van der Waals surface area contributed by atoms with Gasteiger partial charge in [0.15, 0.2) is 0 Å². The van der Waals surface area contributed by atoms with Crippen LogP contribution in [-0.2, 0) is 24.1 Å². The normalized spacial score (nSPS) is 15.8. The molecule has 24 heavy (non-hydrogen) atoms.